The molecule has 1 heterocycles. The van der Waals surface area contributed by atoms with Crippen molar-refractivity contribution in [2.75, 3.05) is 23.4 Å². The molecule has 0 fully saturated rings. The molecule has 0 bridgehead atoms. The van der Waals surface area contributed by atoms with Gasteiger partial charge in [-0.3, -0.25) is 0 Å². The van der Waals surface area contributed by atoms with E-state index >= 15 is 0 Å². The van der Waals surface area contributed by atoms with Crippen LogP contribution in [0.4, 0.5) is 17.1 Å². The van der Waals surface area contributed by atoms with Crippen molar-refractivity contribution in [1.29, 1.82) is 0 Å². The first-order valence-electron chi connectivity index (χ1n) is 7.31. The Morgan fingerprint density at radius 2 is 1.91 bits per heavy atom. The molecule has 0 spiro atoms. The maximum Gasteiger partial charge on any atom is 0.155 e. The zero-order chi connectivity index (χ0) is 15.9. The Hall–Kier alpha value is -1.75. The number of benzene rings is 2. The van der Waals surface area contributed by atoms with Gasteiger partial charge in [0.15, 0.2) is 6.23 Å². The highest BCUT2D eigenvalue weighted by atomic mass is 35.5. The highest BCUT2D eigenvalue weighted by Gasteiger charge is 2.29. The van der Waals surface area contributed by atoms with Crippen LogP contribution in [0.1, 0.15) is 18.7 Å². The molecule has 2 aromatic carbocycles. The van der Waals surface area contributed by atoms with Crippen LogP contribution in [0.3, 0.4) is 0 Å². The molecule has 0 amide bonds. The van der Waals surface area contributed by atoms with E-state index < -0.39 is 6.23 Å². The van der Waals surface area contributed by atoms with Crippen molar-refractivity contribution in [1.82, 2.24) is 0 Å². The third kappa shape index (κ3) is 2.54. The number of nitrogens with two attached hydrogens (primary N) is 1. The summed E-state index contributed by atoms with van der Waals surface area (Å²) in [7, 11) is 1.99. The van der Waals surface area contributed by atoms with E-state index in [1.54, 1.807) is 0 Å². The first-order chi connectivity index (χ1) is 10.5. The van der Waals surface area contributed by atoms with E-state index in [1.807, 2.05) is 61.3 Å². The van der Waals surface area contributed by atoms with E-state index in [2.05, 4.69) is 4.90 Å². The summed E-state index contributed by atoms with van der Waals surface area (Å²) in [6, 6.07) is 13.5. The summed E-state index contributed by atoms with van der Waals surface area (Å²) in [4.78, 5) is 3.99. The van der Waals surface area contributed by atoms with E-state index in [0.717, 1.165) is 22.6 Å². The SMILES string of the molecule is C[C@@H](N)CN1c2cc(Cl)ccc2N(C)c2ccccc2C1O. The predicted octanol–water partition coefficient (Wildman–Crippen LogP) is 3.27. The minimum Gasteiger partial charge on any atom is -0.369 e. The summed E-state index contributed by atoms with van der Waals surface area (Å²) < 4.78 is 0. The molecule has 116 valence electrons. The molecular formula is C17H20ClN3O. The monoisotopic (exact) mass is 317 g/mol. The Kier molecular flexibility index (Phi) is 4.00. The van der Waals surface area contributed by atoms with Crippen LogP contribution >= 0.6 is 11.6 Å². The van der Waals surface area contributed by atoms with Crippen molar-refractivity contribution in [2.45, 2.75) is 19.2 Å². The first kappa shape index (κ1) is 15.2. The second-order valence-electron chi connectivity index (χ2n) is 5.75. The standard InChI is InChI=1S/C17H20ClN3O/c1-11(19)10-21-16-9-12(18)7-8-15(16)20(2)14-6-4-3-5-13(14)17(21)22/h3-9,11,17,22H,10,19H2,1-2H3/t11-,17?/m1/s1. The normalized spacial score (nSPS) is 18.5. The Morgan fingerprint density at radius 1 is 1.18 bits per heavy atom. The Bertz CT molecular complexity index is 689. The number of hydrogen-bond donors (Lipinski definition) is 2. The molecule has 0 aliphatic carbocycles. The van der Waals surface area contributed by atoms with Gasteiger partial charge in [0.05, 0.1) is 11.4 Å². The number of para-hydroxylation sites is 1. The lowest BCUT2D eigenvalue weighted by atomic mass is 10.1. The fourth-order valence-corrected chi connectivity index (χ4v) is 3.13. The molecular weight excluding hydrogens is 298 g/mol. The molecule has 2 atom stereocenters. The summed E-state index contributed by atoms with van der Waals surface area (Å²) in [6.07, 6.45) is -0.760. The Balaban J connectivity index is 2.23. The lowest BCUT2D eigenvalue weighted by molar-refractivity contribution is 0.171. The smallest absolute Gasteiger partial charge is 0.155 e. The summed E-state index contributed by atoms with van der Waals surface area (Å²) in [5, 5.41) is 11.5. The number of nitrogens with zero attached hydrogens (tertiary/aromatic N) is 2. The fourth-order valence-electron chi connectivity index (χ4n) is 2.96. The largest absolute Gasteiger partial charge is 0.369 e. The molecule has 1 aliphatic heterocycles. The predicted molar refractivity (Wildman–Crippen MR) is 91.9 cm³/mol. The Labute approximate surface area is 135 Å². The third-order valence-electron chi connectivity index (χ3n) is 3.96. The van der Waals surface area contributed by atoms with Gasteiger partial charge in [-0.05, 0) is 31.2 Å². The van der Waals surface area contributed by atoms with Crippen LogP contribution < -0.4 is 15.5 Å². The number of aliphatic hydroxyl groups excluding tert-OH is 1. The van der Waals surface area contributed by atoms with Crippen molar-refractivity contribution in [3.63, 3.8) is 0 Å². The van der Waals surface area contributed by atoms with E-state index in [9.17, 15) is 5.11 Å². The van der Waals surface area contributed by atoms with Crippen LogP contribution in [0.15, 0.2) is 42.5 Å². The first-order valence-corrected chi connectivity index (χ1v) is 7.69. The summed E-state index contributed by atoms with van der Waals surface area (Å²) in [5.74, 6) is 0. The summed E-state index contributed by atoms with van der Waals surface area (Å²) in [6.45, 7) is 2.47. The van der Waals surface area contributed by atoms with Gasteiger partial charge >= 0.3 is 0 Å². The van der Waals surface area contributed by atoms with Crippen LogP contribution in [0.2, 0.25) is 5.02 Å². The van der Waals surface area contributed by atoms with Gasteiger partial charge in [0.25, 0.3) is 0 Å². The number of aliphatic hydroxyl groups is 1. The van der Waals surface area contributed by atoms with Crippen molar-refractivity contribution in [3.05, 3.63) is 53.1 Å². The third-order valence-corrected chi connectivity index (χ3v) is 4.20. The van der Waals surface area contributed by atoms with Gasteiger partial charge in [-0.25, -0.2) is 0 Å². The summed E-state index contributed by atoms with van der Waals surface area (Å²) >= 11 is 6.18. The molecule has 0 saturated carbocycles. The molecule has 0 radical (unpaired) electrons. The van der Waals surface area contributed by atoms with Crippen molar-refractivity contribution in [3.8, 4) is 0 Å². The van der Waals surface area contributed by atoms with Crippen molar-refractivity contribution in [2.24, 2.45) is 5.73 Å². The molecule has 1 aliphatic rings. The van der Waals surface area contributed by atoms with Gasteiger partial charge in [0, 0.05) is 35.9 Å². The highest BCUT2D eigenvalue weighted by Crippen LogP contribution is 2.44. The number of rotatable bonds is 2. The van der Waals surface area contributed by atoms with Crippen LogP contribution in [-0.4, -0.2) is 24.7 Å². The zero-order valence-corrected chi connectivity index (χ0v) is 13.5. The van der Waals surface area contributed by atoms with E-state index in [1.165, 1.54) is 0 Å². The lowest BCUT2D eigenvalue weighted by Crippen LogP contribution is -2.38. The second-order valence-corrected chi connectivity index (χ2v) is 6.19. The topological polar surface area (TPSA) is 52.7 Å². The molecule has 0 saturated heterocycles. The highest BCUT2D eigenvalue weighted by molar-refractivity contribution is 6.31. The van der Waals surface area contributed by atoms with Crippen LogP contribution in [0.5, 0.6) is 0 Å². The molecule has 3 rings (SSSR count). The Morgan fingerprint density at radius 3 is 2.64 bits per heavy atom. The number of hydrogen-bond acceptors (Lipinski definition) is 4. The van der Waals surface area contributed by atoms with E-state index in [0.29, 0.717) is 11.6 Å². The zero-order valence-electron chi connectivity index (χ0n) is 12.7. The van der Waals surface area contributed by atoms with Gasteiger partial charge in [-0.15, -0.1) is 0 Å². The van der Waals surface area contributed by atoms with Crippen LogP contribution in [-0.2, 0) is 0 Å². The van der Waals surface area contributed by atoms with Gasteiger partial charge in [-0.1, -0.05) is 29.8 Å². The molecule has 5 heteroatoms. The van der Waals surface area contributed by atoms with Crippen LogP contribution in [0.25, 0.3) is 0 Å². The second kappa shape index (κ2) is 5.80. The number of anilines is 3. The summed E-state index contributed by atoms with van der Waals surface area (Å²) in [5.41, 5.74) is 9.70. The number of fused-ring (bicyclic) bond motifs is 2. The quantitative estimate of drug-likeness (QED) is 0.892. The number of halogens is 1. The van der Waals surface area contributed by atoms with Crippen LogP contribution in [0, 0.1) is 0 Å². The fraction of sp³-hybridized carbons (Fsp3) is 0.294. The van der Waals surface area contributed by atoms with Crippen molar-refractivity contribution >= 4 is 28.7 Å². The average Bonchev–Trinajstić information content (AvgIpc) is 2.57. The molecule has 1 unspecified atom stereocenters. The van der Waals surface area contributed by atoms with Gasteiger partial charge in [-0.2, -0.15) is 0 Å². The molecule has 22 heavy (non-hydrogen) atoms. The van der Waals surface area contributed by atoms with Gasteiger partial charge in [0.2, 0.25) is 0 Å². The molecule has 4 nitrogen and oxygen atoms in total. The molecule has 2 aromatic rings. The van der Waals surface area contributed by atoms with Gasteiger partial charge < -0.3 is 20.6 Å². The maximum atomic E-state index is 10.9. The van der Waals surface area contributed by atoms with E-state index in [4.69, 9.17) is 17.3 Å². The molecule has 0 aromatic heterocycles. The molecule has 3 N–H and O–H groups in total. The van der Waals surface area contributed by atoms with Gasteiger partial charge in [0.1, 0.15) is 0 Å². The average molecular weight is 318 g/mol. The van der Waals surface area contributed by atoms with E-state index in [-0.39, 0.29) is 6.04 Å². The maximum absolute atomic E-state index is 10.9. The minimum atomic E-state index is -0.760. The minimum absolute atomic E-state index is 0.0722. The van der Waals surface area contributed by atoms with Crippen molar-refractivity contribution < 1.29 is 5.11 Å². The lowest BCUT2D eigenvalue weighted by Gasteiger charge is -2.31.